The first-order valence-corrected chi connectivity index (χ1v) is 5.36. The van der Waals surface area contributed by atoms with E-state index in [1.54, 1.807) is 13.8 Å². The third kappa shape index (κ3) is 3.36. The number of rotatable bonds is 5. The maximum absolute atomic E-state index is 13.3. The van der Waals surface area contributed by atoms with Gasteiger partial charge in [-0.25, -0.2) is 9.18 Å². The molecule has 0 spiro atoms. The second kappa shape index (κ2) is 5.59. The number of carboxylic acids is 1. The summed E-state index contributed by atoms with van der Waals surface area (Å²) in [6.45, 7) is 3.13. The van der Waals surface area contributed by atoms with Crippen LogP contribution in [0.1, 0.15) is 13.8 Å². The van der Waals surface area contributed by atoms with Crippen molar-refractivity contribution in [1.82, 2.24) is 0 Å². The lowest BCUT2D eigenvalue weighted by molar-refractivity contribution is -0.386. The van der Waals surface area contributed by atoms with Crippen molar-refractivity contribution >= 4 is 17.3 Å². The first kappa shape index (κ1) is 14.8. The van der Waals surface area contributed by atoms with Crippen LogP contribution in [-0.4, -0.2) is 22.0 Å². The number of nitrogens with one attached hydrogen (secondary N) is 1. The van der Waals surface area contributed by atoms with Crippen LogP contribution in [0.3, 0.4) is 0 Å². The van der Waals surface area contributed by atoms with Crippen molar-refractivity contribution in [2.45, 2.75) is 19.9 Å². The molecule has 104 valence electrons. The first-order chi connectivity index (χ1) is 8.73. The van der Waals surface area contributed by atoms with E-state index in [2.05, 4.69) is 5.32 Å². The van der Waals surface area contributed by atoms with Crippen molar-refractivity contribution in [3.05, 3.63) is 33.9 Å². The minimum Gasteiger partial charge on any atom is -0.480 e. The van der Waals surface area contributed by atoms with Crippen LogP contribution in [0.15, 0.2) is 12.1 Å². The SMILES string of the molecule is CC(C)C(Nc1cc(F)cc(F)c1[N+](=O)[O-])C(=O)O. The molecular formula is C11H12F2N2O4. The molecule has 0 fully saturated rings. The second-order valence-corrected chi connectivity index (χ2v) is 4.25. The fourth-order valence-electron chi connectivity index (χ4n) is 1.54. The van der Waals surface area contributed by atoms with E-state index in [-0.39, 0.29) is 0 Å². The van der Waals surface area contributed by atoms with Gasteiger partial charge in [0.1, 0.15) is 17.5 Å². The molecule has 19 heavy (non-hydrogen) atoms. The summed E-state index contributed by atoms with van der Waals surface area (Å²) in [5, 5.41) is 22.0. The minimum atomic E-state index is -1.36. The van der Waals surface area contributed by atoms with Gasteiger partial charge in [0.25, 0.3) is 0 Å². The highest BCUT2D eigenvalue weighted by molar-refractivity contribution is 5.79. The smallest absolute Gasteiger partial charge is 0.327 e. The van der Waals surface area contributed by atoms with Crippen molar-refractivity contribution in [1.29, 1.82) is 0 Å². The zero-order valence-corrected chi connectivity index (χ0v) is 10.2. The number of carboxylic acid groups (broad SMARTS) is 1. The Bertz CT molecular complexity index is 520. The molecule has 1 aromatic rings. The Morgan fingerprint density at radius 3 is 2.42 bits per heavy atom. The summed E-state index contributed by atoms with van der Waals surface area (Å²) < 4.78 is 26.4. The van der Waals surface area contributed by atoms with E-state index in [9.17, 15) is 23.7 Å². The highest BCUT2D eigenvalue weighted by atomic mass is 19.1. The topological polar surface area (TPSA) is 92.5 Å². The molecule has 0 aromatic heterocycles. The molecule has 1 unspecified atom stereocenters. The van der Waals surface area contributed by atoms with Crippen LogP contribution in [0, 0.1) is 27.7 Å². The average Bonchev–Trinajstić information content (AvgIpc) is 2.23. The molecule has 1 rings (SSSR count). The van der Waals surface area contributed by atoms with E-state index < -0.39 is 45.9 Å². The van der Waals surface area contributed by atoms with E-state index >= 15 is 0 Å². The number of nitrogens with zero attached hydrogens (tertiary/aromatic N) is 1. The fourth-order valence-corrected chi connectivity index (χ4v) is 1.54. The van der Waals surface area contributed by atoms with E-state index in [1.165, 1.54) is 0 Å². The van der Waals surface area contributed by atoms with Gasteiger partial charge in [0.15, 0.2) is 0 Å². The van der Waals surface area contributed by atoms with Crippen molar-refractivity contribution in [2.24, 2.45) is 5.92 Å². The van der Waals surface area contributed by atoms with Crippen molar-refractivity contribution < 1.29 is 23.6 Å². The van der Waals surface area contributed by atoms with Gasteiger partial charge in [-0.15, -0.1) is 0 Å². The molecule has 0 amide bonds. The Kier molecular flexibility index (Phi) is 4.36. The van der Waals surface area contributed by atoms with Gasteiger partial charge >= 0.3 is 11.7 Å². The van der Waals surface area contributed by atoms with Crippen LogP contribution in [-0.2, 0) is 4.79 Å². The number of nitro benzene ring substituents is 1. The summed E-state index contributed by atoms with van der Waals surface area (Å²) in [6, 6.07) is -0.131. The van der Waals surface area contributed by atoms with Crippen LogP contribution in [0.5, 0.6) is 0 Å². The third-order valence-corrected chi connectivity index (χ3v) is 2.45. The number of hydrogen-bond donors (Lipinski definition) is 2. The summed E-state index contributed by atoms with van der Waals surface area (Å²) in [5.74, 6) is -4.09. The number of carbonyl (C=O) groups is 1. The summed E-state index contributed by atoms with van der Waals surface area (Å²) >= 11 is 0. The lowest BCUT2D eigenvalue weighted by Crippen LogP contribution is -2.34. The van der Waals surface area contributed by atoms with Crippen LogP contribution in [0.2, 0.25) is 0 Å². The molecule has 2 N–H and O–H groups in total. The monoisotopic (exact) mass is 274 g/mol. The van der Waals surface area contributed by atoms with E-state index in [4.69, 9.17) is 5.11 Å². The number of aliphatic carboxylic acids is 1. The number of halogens is 2. The molecule has 8 heteroatoms. The van der Waals surface area contributed by atoms with Crippen molar-refractivity contribution in [3.63, 3.8) is 0 Å². The molecule has 0 saturated carbocycles. The van der Waals surface area contributed by atoms with Crippen LogP contribution < -0.4 is 5.32 Å². The van der Waals surface area contributed by atoms with E-state index in [1.807, 2.05) is 0 Å². The Labute approximate surface area is 107 Å². The molecule has 0 bridgehead atoms. The predicted molar refractivity (Wildman–Crippen MR) is 62.9 cm³/mol. The first-order valence-electron chi connectivity index (χ1n) is 5.36. The molecule has 0 heterocycles. The zero-order valence-electron chi connectivity index (χ0n) is 10.2. The number of nitro groups is 1. The van der Waals surface area contributed by atoms with Gasteiger partial charge in [0.2, 0.25) is 5.82 Å². The number of benzene rings is 1. The highest BCUT2D eigenvalue weighted by Crippen LogP contribution is 2.30. The highest BCUT2D eigenvalue weighted by Gasteiger charge is 2.28. The normalized spacial score (nSPS) is 12.3. The maximum Gasteiger partial charge on any atom is 0.327 e. The summed E-state index contributed by atoms with van der Waals surface area (Å²) in [6.07, 6.45) is 0. The number of anilines is 1. The molecule has 0 aliphatic rings. The van der Waals surface area contributed by atoms with Crippen LogP contribution >= 0.6 is 0 Å². The van der Waals surface area contributed by atoms with Gasteiger partial charge in [-0.3, -0.25) is 10.1 Å². The molecule has 1 aromatic carbocycles. The van der Waals surface area contributed by atoms with Crippen LogP contribution in [0.25, 0.3) is 0 Å². The molecule has 0 aliphatic carbocycles. The molecule has 0 radical (unpaired) electrons. The summed E-state index contributed by atoms with van der Waals surface area (Å²) in [5.41, 5.74) is -1.48. The Morgan fingerprint density at radius 1 is 1.42 bits per heavy atom. The molecule has 0 saturated heterocycles. The molecule has 1 atom stereocenters. The minimum absolute atomic E-state index is 0.370. The van der Waals surface area contributed by atoms with Crippen molar-refractivity contribution in [3.8, 4) is 0 Å². The standard InChI is InChI=1S/C11H12F2N2O4/c1-5(2)9(11(16)17)14-8-4-6(12)3-7(13)10(8)15(18)19/h3-5,9,14H,1-2H3,(H,16,17). The Balaban J connectivity index is 3.26. The van der Waals surface area contributed by atoms with Gasteiger partial charge < -0.3 is 10.4 Å². The van der Waals surface area contributed by atoms with Gasteiger partial charge in [-0.05, 0) is 5.92 Å². The molecule has 0 aliphatic heterocycles. The Morgan fingerprint density at radius 2 is 2.00 bits per heavy atom. The van der Waals surface area contributed by atoms with E-state index in [0.29, 0.717) is 12.1 Å². The van der Waals surface area contributed by atoms with Gasteiger partial charge in [-0.1, -0.05) is 13.8 Å². The van der Waals surface area contributed by atoms with Crippen molar-refractivity contribution in [2.75, 3.05) is 5.32 Å². The largest absolute Gasteiger partial charge is 0.480 e. The summed E-state index contributed by atoms with van der Waals surface area (Å²) in [4.78, 5) is 20.7. The Hall–Kier alpha value is -2.25. The fraction of sp³-hybridized carbons (Fsp3) is 0.364. The number of hydrogen-bond acceptors (Lipinski definition) is 4. The average molecular weight is 274 g/mol. The van der Waals surface area contributed by atoms with Gasteiger partial charge in [-0.2, -0.15) is 4.39 Å². The molecule has 6 nitrogen and oxygen atoms in total. The summed E-state index contributed by atoms with van der Waals surface area (Å²) in [7, 11) is 0. The van der Waals surface area contributed by atoms with Gasteiger partial charge in [0.05, 0.1) is 4.92 Å². The molecular weight excluding hydrogens is 262 g/mol. The van der Waals surface area contributed by atoms with Gasteiger partial charge in [0, 0.05) is 12.1 Å². The zero-order chi connectivity index (χ0) is 14.7. The maximum atomic E-state index is 13.3. The van der Waals surface area contributed by atoms with E-state index in [0.717, 1.165) is 0 Å². The quantitative estimate of drug-likeness (QED) is 0.635. The lowest BCUT2D eigenvalue weighted by atomic mass is 10.0. The predicted octanol–water partition coefficient (Wildman–Crippen LogP) is 2.39. The van der Waals surface area contributed by atoms with Crippen LogP contribution in [0.4, 0.5) is 20.2 Å². The lowest BCUT2D eigenvalue weighted by Gasteiger charge is -2.19. The third-order valence-electron chi connectivity index (χ3n) is 2.45. The second-order valence-electron chi connectivity index (χ2n) is 4.25.